The number of anilines is 2. The third-order valence-electron chi connectivity index (χ3n) is 4.36. The number of ether oxygens (including phenoxy) is 2. The molecule has 1 saturated heterocycles. The van der Waals surface area contributed by atoms with Gasteiger partial charge in [-0.15, -0.1) is 0 Å². The van der Waals surface area contributed by atoms with Gasteiger partial charge in [-0.3, -0.25) is 4.79 Å². The Morgan fingerprint density at radius 2 is 1.88 bits per heavy atom. The van der Waals surface area contributed by atoms with Crippen molar-refractivity contribution < 1.29 is 14.3 Å². The van der Waals surface area contributed by atoms with Crippen molar-refractivity contribution in [2.45, 2.75) is 19.3 Å². The molecule has 6 nitrogen and oxygen atoms in total. The topological polar surface area (TPSA) is 63.7 Å². The number of methoxy groups -OCH3 is 2. The van der Waals surface area contributed by atoms with Crippen LogP contribution in [-0.2, 0) is 0 Å². The molecular formula is C19H23N3O3. The second-order valence-electron chi connectivity index (χ2n) is 5.97. The number of hydrogen-bond donors (Lipinski definition) is 1. The SMILES string of the molecule is COc1ccc(NC(=O)c2ccc(N3CCCCC3)cn2)c(OC)c1. The van der Waals surface area contributed by atoms with Gasteiger partial charge in [0.1, 0.15) is 17.2 Å². The van der Waals surface area contributed by atoms with Crippen LogP contribution in [0.2, 0.25) is 0 Å². The van der Waals surface area contributed by atoms with Gasteiger partial charge < -0.3 is 19.7 Å². The van der Waals surface area contributed by atoms with Crippen molar-refractivity contribution in [2.24, 2.45) is 0 Å². The fourth-order valence-electron chi connectivity index (χ4n) is 2.95. The van der Waals surface area contributed by atoms with Crippen molar-refractivity contribution in [3.63, 3.8) is 0 Å². The van der Waals surface area contributed by atoms with Crippen LogP contribution in [0.25, 0.3) is 0 Å². The zero-order chi connectivity index (χ0) is 17.6. The Morgan fingerprint density at radius 3 is 2.52 bits per heavy atom. The predicted octanol–water partition coefficient (Wildman–Crippen LogP) is 3.34. The Bertz CT molecular complexity index is 725. The number of rotatable bonds is 5. The number of nitrogens with one attached hydrogen (secondary N) is 1. The number of hydrogen-bond acceptors (Lipinski definition) is 5. The average molecular weight is 341 g/mol. The van der Waals surface area contributed by atoms with Crippen LogP contribution in [0.15, 0.2) is 36.5 Å². The van der Waals surface area contributed by atoms with Crippen molar-refractivity contribution in [2.75, 3.05) is 37.5 Å². The van der Waals surface area contributed by atoms with Crippen LogP contribution >= 0.6 is 0 Å². The summed E-state index contributed by atoms with van der Waals surface area (Å²) in [6.45, 7) is 2.10. The number of aromatic nitrogens is 1. The van der Waals surface area contributed by atoms with E-state index in [1.807, 2.05) is 6.07 Å². The van der Waals surface area contributed by atoms with Crippen molar-refractivity contribution in [1.82, 2.24) is 4.98 Å². The Morgan fingerprint density at radius 1 is 1.08 bits per heavy atom. The lowest BCUT2D eigenvalue weighted by molar-refractivity contribution is 0.102. The first-order valence-corrected chi connectivity index (χ1v) is 8.45. The molecule has 132 valence electrons. The molecule has 1 aromatic carbocycles. The van der Waals surface area contributed by atoms with E-state index < -0.39 is 0 Å². The number of pyridine rings is 1. The molecule has 2 aromatic rings. The highest BCUT2D eigenvalue weighted by Crippen LogP contribution is 2.29. The molecule has 0 spiro atoms. The number of carbonyl (C=O) groups is 1. The maximum atomic E-state index is 12.5. The highest BCUT2D eigenvalue weighted by atomic mass is 16.5. The molecule has 25 heavy (non-hydrogen) atoms. The van der Waals surface area contributed by atoms with Crippen LogP contribution < -0.4 is 19.7 Å². The summed E-state index contributed by atoms with van der Waals surface area (Å²) >= 11 is 0. The van der Waals surface area contributed by atoms with Gasteiger partial charge in [0.25, 0.3) is 5.91 Å². The number of benzene rings is 1. The Hall–Kier alpha value is -2.76. The first-order valence-electron chi connectivity index (χ1n) is 8.45. The molecule has 1 aliphatic rings. The molecule has 3 rings (SSSR count). The average Bonchev–Trinajstić information content (AvgIpc) is 2.69. The minimum Gasteiger partial charge on any atom is -0.497 e. The number of amides is 1. The van der Waals surface area contributed by atoms with E-state index in [4.69, 9.17) is 9.47 Å². The van der Waals surface area contributed by atoms with Crippen LogP contribution in [0.4, 0.5) is 11.4 Å². The summed E-state index contributed by atoms with van der Waals surface area (Å²) in [6.07, 6.45) is 5.47. The Labute approximate surface area is 147 Å². The van der Waals surface area contributed by atoms with Gasteiger partial charge >= 0.3 is 0 Å². The van der Waals surface area contributed by atoms with Gasteiger partial charge in [-0.2, -0.15) is 0 Å². The predicted molar refractivity (Wildman–Crippen MR) is 97.8 cm³/mol. The lowest BCUT2D eigenvalue weighted by Crippen LogP contribution is -2.29. The van der Waals surface area contributed by atoms with E-state index in [1.165, 1.54) is 19.3 Å². The monoisotopic (exact) mass is 341 g/mol. The fraction of sp³-hybridized carbons (Fsp3) is 0.368. The summed E-state index contributed by atoms with van der Waals surface area (Å²) in [5, 5.41) is 2.83. The lowest BCUT2D eigenvalue weighted by atomic mass is 10.1. The van der Waals surface area contributed by atoms with E-state index in [0.29, 0.717) is 22.9 Å². The third kappa shape index (κ3) is 4.02. The number of nitrogens with zero attached hydrogens (tertiary/aromatic N) is 2. The molecule has 1 aliphatic heterocycles. The van der Waals surface area contributed by atoms with E-state index in [9.17, 15) is 4.79 Å². The highest BCUT2D eigenvalue weighted by Gasteiger charge is 2.14. The zero-order valence-electron chi connectivity index (χ0n) is 14.6. The molecule has 0 saturated carbocycles. The molecule has 0 radical (unpaired) electrons. The molecule has 2 heterocycles. The van der Waals surface area contributed by atoms with Gasteiger partial charge in [0, 0.05) is 19.2 Å². The van der Waals surface area contributed by atoms with Crippen molar-refractivity contribution >= 4 is 17.3 Å². The van der Waals surface area contributed by atoms with Crippen LogP contribution in [0.5, 0.6) is 11.5 Å². The van der Waals surface area contributed by atoms with E-state index >= 15 is 0 Å². The van der Waals surface area contributed by atoms with Gasteiger partial charge in [-0.25, -0.2) is 4.98 Å². The summed E-state index contributed by atoms with van der Waals surface area (Å²) in [5.41, 5.74) is 2.02. The first kappa shape index (κ1) is 17.1. The van der Waals surface area contributed by atoms with Gasteiger partial charge in [0.15, 0.2) is 0 Å². The van der Waals surface area contributed by atoms with Crippen molar-refractivity contribution in [3.8, 4) is 11.5 Å². The van der Waals surface area contributed by atoms with Crippen molar-refractivity contribution in [3.05, 3.63) is 42.2 Å². The van der Waals surface area contributed by atoms with E-state index in [0.717, 1.165) is 18.8 Å². The summed E-state index contributed by atoms with van der Waals surface area (Å²) in [6, 6.07) is 8.96. The quantitative estimate of drug-likeness (QED) is 0.904. The molecule has 0 unspecified atom stereocenters. The minimum atomic E-state index is -0.270. The standard InChI is InChI=1S/C19H23N3O3/c1-24-15-7-9-16(18(12-15)25-2)21-19(23)17-8-6-14(13-20-17)22-10-4-3-5-11-22/h6-9,12-13H,3-5,10-11H2,1-2H3,(H,21,23). The Kier molecular flexibility index (Phi) is 5.38. The molecular weight excluding hydrogens is 318 g/mol. The van der Waals surface area contributed by atoms with Crippen LogP contribution in [0.3, 0.4) is 0 Å². The third-order valence-corrected chi connectivity index (χ3v) is 4.36. The van der Waals surface area contributed by atoms with Crippen LogP contribution in [0, 0.1) is 0 Å². The molecule has 0 atom stereocenters. The molecule has 1 N–H and O–H groups in total. The van der Waals surface area contributed by atoms with Gasteiger partial charge in [-0.05, 0) is 43.5 Å². The highest BCUT2D eigenvalue weighted by molar-refractivity contribution is 6.03. The summed E-state index contributed by atoms with van der Waals surface area (Å²) in [5.74, 6) is 0.935. The second-order valence-corrected chi connectivity index (χ2v) is 5.97. The molecule has 1 aromatic heterocycles. The molecule has 6 heteroatoms. The summed E-state index contributed by atoms with van der Waals surface area (Å²) in [7, 11) is 3.14. The van der Waals surface area contributed by atoms with Gasteiger partial charge in [0.2, 0.25) is 0 Å². The van der Waals surface area contributed by atoms with Crippen LogP contribution in [-0.4, -0.2) is 38.2 Å². The smallest absolute Gasteiger partial charge is 0.274 e. The van der Waals surface area contributed by atoms with Gasteiger partial charge in [0.05, 0.1) is 31.8 Å². The van der Waals surface area contributed by atoms with Crippen molar-refractivity contribution in [1.29, 1.82) is 0 Å². The lowest BCUT2D eigenvalue weighted by Gasteiger charge is -2.28. The molecule has 0 aliphatic carbocycles. The largest absolute Gasteiger partial charge is 0.497 e. The normalized spacial score (nSPS) is 14.1. The minimum absolute atomic E-state index is 0.270. The Balaban J connectivity index is 1.71. The van der Waals surface area contributed by atoms with E-state index in [1.54, 1.807) is 44.7 Å². The maximum Gasteiger partial charge on any atom is 0.274 e. The molecule has 1 amide bonds. The molecule has 1 fully saturated rings. The second kappa shape index (κ2) is 7.88. The number of piperidine rings is 1. The van der Waals surface area contributed by atoms with Gasteiger partial charge in [-0.1, -0.05) is 0 Å². The van der Waals surface area contributed by atoms with E-state index in [2.05, 4.69) is 15.2 Å². The number of carbonyl (C=O) groups excluding carboxylic acids is 1. The first-order chi connectivity index (χ1) is 12.2. The molecule has 0 bridgehead atoms. The fourth-order valence-corrected chi connectivity index (χ4v) is 2.95. The van der Waals surface area contributed by atoms with Crippen LogP contribution in [0.1, 0.15) is 29.8 Å². The summed E-state index contributed by atoms with van der Waals surface area (Å²) < 4.78 is 10.5. The zero-order valence-corrected chi connectivity index (χ0v) is 14.6. The van der Waals surface area contributed by atoms with E-state index in [-0.39, 0.29) is 5.91 Å². The maximum absolute atomic E-state index is 12.5. The summed E-state index contributed by atoms with van der Waals surface area (Å²) in [4.78, 5) is 19.1.